The van der Waals surface area contributed by atoms with Crippen LogP contribution >= 0.6 is 0 Å². The highest BCUT2D eigenvalue weighted by atomic mass is 16.5. The zero-order valence-corrected chi connectivity index (χ0v) is 18.6. The number of aryl methyl sites for hydroxylation is 1. The van der Waals surface area contributed by atoms with Crippen LogP contribution in [0.5, 0.6) is 0 Å². The number of carbonyl (C=O) groups excluding carboxylic acids is 2. The van der Waals surface area contributed by atoms with E-state index in [1.165, 1.54) is 6.26 Å². The van der Waals surface area contributed by atoms with Crippen molar-refractivity contribution >= 4 is 11.8 Å². The Hall–Kier alpha value is -3.49. The molecule has 2 amide bonds. The van der Waals surface area contributed by atoms with Crippen molar-refractivity contribution in [3.05, 3.63) is 54.1 Å². The van der Waals surface area contributed by atoms with Gasteiger partial charge in [0.15, 0.2) is 11.6 Å². The maximum atomic E-state index is 13.2. The minimum atomic E-state index is -0.337. The van der Waals surface area contributed by atoms with Gasteiger partial charge in [0.1, 0.15) is 6.26 Å². The van der Waals surface area contributed by atoms with E-state index in [-0.39, 0.29) is 35.4 Å². The van der Waals surface area contributed by atoms with E-state index in [0.29, 0.717) is 30.4 Å². The average molecular weight is 450 g/mol. The van der Waals surface area contributed by atoms with Gasteiger partial charge < -0.3 is 19.2 Å². The monoisotopic (exact) mass is 449 g/mol. The largest absolute Gasteiger partial charge is 0.448 e. The lowest BCUT2D eigenvalue weighted by Crippen LogP contribution is -2.40. The van der Waals surface area contributed by atoms with Crippen LogP contribution in [-0.2, 0) is 4.79 Å². The number of hydrogen-bond acceptors (Lipinski definition) is 7. The smallest absolute Gasteiger partial charge is 0.273 e. The van der Waals surface area contributed by atoms with Crippen molar-refractivity contribution in [3.63, 3.8) is 0 Å². The van der Waals surface area contributed by atoms with Gasteiger partial charge in [0.2, 0.25) is 17.6 Å². The number of nitrogens with one attached hydrogen (secondary N) is 1. The van der Waals surface area contributed by atoms with E-state index in [1.54, 1.807) is 6.92 Å². The molecule has 9 heteroatoms. The SMILES string of the molecule is Cc1nc(C(=O)N[C@@H]2C[C@@H](C(=O)N3CCCCC3)C[C@@H]2c2nc(-c3ccccc3)no2)co1. The van der Waals surface area contributed by atoms with Crippen LogP contribution in [0.2, 0.25) is 0 Å². The summed E-state index contributed by atoms with van der Waals surface area (Å²) in [5, 5.41) is 7.18. The molecule has 2 aliphatic rings. The summed E-state index contributed by atoms with van der Waals surface area (Å²) in [5.41, 5.74) is 1.07. The van der Waals surface area contributed by atoms with Crippen LogP contribution in [0.3, 0.4) is 0 Å². The number of piperidine rings is 1. The molecule has 1 aliphatic carbocycles. The number of aromatic nitrogens is 3. The molecule has 1 N–H and O–H groups in total. The molecule has 5 rings (SSSR count). The van der Waals surface area contributed by atoms with Gasteiger partial charge in [0, 0.05) is 37.5 Å². The van der Waals surface area contributed by atoms with Crippen LogP contribution in [0.25, 0.3) is 11.4 Å². The van der Waals surface area contributed by atoms with E-state index in [4.69, 9.17) is 8.94 Å². The van der Waals surface area contributed by atoms with Crippen molar-refractivity contribution in [1.82, 2.24) is 25.3 Å². The molecule has 3 aromatic rings. The summed E-state index contributed by atoms with van der Waals surface area (Å²) in [6.45, 7) is 3.29. The van der Waals surface area contributed by atoms with Gasteiger partial charge >= 0.3 is 0 Å². The van der Waals surface area contributed by atoms with E-state index in [1.807, 2.05) is 35.2 Å². The maximum absolute atomic E-state index is 13.2. The molecule has 33 heavy (non-hydrogen) atoms. The Labute approximate surface area is 191 Å². The first-order valence-corrected chi connectivity index (χ1v) is 11.5. The van der Waals surface area contributed by atoms with Gasteiger partial charge in [0.05, 0.1) is 5.92 Å². The van der Waals surface area contributed by atoms with Crippen molar-refractivity contribution in [3.8, 4) is 11.4 Å². The minimum absolute atomic E-state index is 0.150. The molecule has 1 saturated heterocycles. The van der Waals surface area contributed by atoms with Crippen molar-refractivity contribution in [2.45, 2.75) is 51.0 Å². The number of benzene rings is 1. The zero-order chi connectivity index (χ0) is 22.8. The topological polar surface area (TPSA) is 114 Å². The van der Waals surface area contributed by atoms with E-state index < -0.39 is 0 Å². The van der Waals surface area contributed by atoms with Crippen molar-refractivity contribution < 1.29 is 18.5 Å². The second kappa shape index (κ2) is 9.17. The lowest BCUT2D eigenvalue weighted by atomic mass is 10.0. The highest BCUT2D eigenvalue weighted by Crippen LogP contribution is 2.40. The normalized spacial score (nSPS) is 22.9. The molecule has 2 aromatic heterocycles. The molecule has 2 fully saturated rings. The lowest BCUT2D eigenvalue weighted by Gasteiger charge is -2.29. The number of rotatable bonds is 5. The molecular weight excluding hydrogens is 422 g/mol. The second-order valence-electron chi connectivity index (χ2n) is 8.81. The van der Waals surface area contributed by atoms with E-state index in [2.05, 4.69) is 20.4 Å². The van der Waals surface area contributed by atoms with Gasteiger partial charge in [-0.05, 0) is 32.1 Å². The van der Waals surface area contributed by atoms with Crippen LogP contribution in [-0.4, -0.2) is 51.0 Å². The Morgan fingerprint density at radius 2 is 1.85 bits per heavy atom. The molecule has 1 aromatic carbocycles. The Morgan fingerprint density at radius 1 is 1.06 bits per heavy atom. The van der Waals surface area contributed by atoms with Crippen molar-refractivity contribution in [1.29, 1.82) is 0 Å². The third kappa shape index (κ3) is 4.53. The first-order valence-electron chi connectivity index (χ1n) is 11.5. The van der Waals surface area contributed by atoms with E-state index >= 15 is 0 Å². The van der Waals surface area contributed by atoms with Crippen LogP contribution in [0, 0.1) is 12.8 Å². The van der Waals surface area contributed by atoms with Crippen LogP contribution in [0.4, 0.5) is 0 Å². The van der Waals surface area contributed by atoms with Gasteiger partial charge in [-0.2, -0.15) is 4.98 Å². The van der Waals surface area contributed by atoms with Gasteiger partial charge in [-0.3, -0.25) is 9.59 Å². The van der Waals surface area contributed by atoms with Crippen molar-refractivity contribution in [2.24, 2.45) is 5.92 Å². The highest BCUT2D eigenvalue weighted by Gasteiger charge is 2.44. The number of carbonyl (C=O) groups is 2. The molecule has 0 spiro atoms. The first kappa shape index (κ1) is 21.4. The number of hydrogen-bond donors (Lipinski definition) is 1. The lowest BCUT2D eigenvalue weighted by molar-refractivity contribution is -0.136. The number of likely N-dealkylation sites (tertiary alicyclic amines) is 1. The summed E-state index contributed by atoms with van der Waals surface area (Å²) in [5.74, 6) is 0.700. The maximum Gasteiger partial charge on any atom is 0.273 e. The highest BCUT2D eigenvalue weighted by molar-refractivity contribution is 5.92. The molecule has 1 saturated carbocycles. The summed E-state index contributed by atoms with van der Waals surface area (Å²) in [7, 11) is 0. The molecule has 0 unspecified atom stereocenters. The van der Waals surface area contributed by atoms with E-state index in [0.717, 1.165) is 37.9 Å². The zero-order valence-electron chi connectivity index (χ0n) is 18.6. The van der Waals surface area contributed by atoms with Gasteiger partial charge in [-0.15, -0.1) is 0 Å². The third-order valence-electron chi connectivity index (χ3n) is 6.54. The van der Waals surface area contributed by atoms with Crippen LogP contribution in [0.1, 0.15) is 60.3 Å². The Balaban J connectivity index is 1.38. The molecule has 9 nitrogen and oxygen atoms in total. The molecule has 0 radical (unpaired) electrons. The molecule has 3 heterocycles. The molecular formula is C24H27N5O4. The summed E-state index contributed by atoms with van der Waals surface area (Å²) in [6.07, 6.45) is 5.65. The Bertz CT molecular complexity index is 1120. The molecule has 1 aliphatic heterocycles. The van der Waals surface area contributed by atoms with Gasteiger partial charge in [-0.1, -0.05) is 35.5 Å². The fourth-order valence-corrected chi connectivity index (χ4v) is 4.84. The first-order chi connectivity index (χ1) is 16.1. The molecule has 0 bridgehead atoms. The standard InChI is InChI=1S/C24H27N5O4/c1-15-25-20(14-32-15)22(30)26-19-13-17(24(31)29-10-6-3-7-11-29)12-18(19)23-27-21(28-33-23)16-8-4-2-5-9-16/h2,4-5,8-9,14,17-19H,3,6-7,10-13H2,1H3,(H,26,30)/t17-,18-,19+/m0/s1. The van der Waals surface area contributed by atoms with Crippen LogP contribution < -0.4 is 5.32 Å². The summed E-state index contributed by atoms with van der Waals surface area (Å²) in [6, 6.07) is 9.26. The van der Waals surface area contributed by atoms with E-state index in [9.17, 15) is 9.59 Å². The average Bonchev–Trinajstić information content (AvgIpc) is 3.59. The number of oxazole rings is 1. The molecule has 172 valence electrons. The fourth-order valence-electron chi connectivity index (χ4n) is 4.84. The second-order valence-corrected chi connectivity index (χ2v) is 8.81. The summed E-state index contributed by atoms with van der Waals surface area (Å²) in [4.78, 5) is 36.7. The third-order valence-corrected chi connectivity index (χ3v) is 6.54. The minimum Gasteiger partial charge on any atom is -0.448 e. The Morgan fingerprint density at radius 3 is 2.58 bits per heavy atom. The van der Waals surface area contributed by atoms with Gasteiger partial charge in [-0.25, -0.2) is 4.98 Å². The molecule has 3 atom stereocenters. The van der Waals surface area contributed by atoms with Crippen LogP contribution in [0.15, 0.2) is 45.5 Å². The Kier molecular flexibility index (Phi) is 5.93. The van der Waals surface area contributed by atoms with Crippen molar-refractivity contribution in [2.75, 3.05) is 13.1 Å². The number of nitrogens with zero attached hydrogens (tertiary/aromatic N) is 4. The summed E-state index contributed by atoms with van der Waals surface area (Å²) < 4.78 is 10.8. The quantitative estimate of drug-likeness (QED) is 0.635. The fraction of sp³-hybridized carbons (Fsp3) is 0.458. The summed E-state index contributed by atoms with van der Waals surface area (Å²) >= 11 is 0. The predicted octanol–water partition coefficient (Wildman–Crippen LogP) is 3.34. The predicted molar refractivity (Wildman–Crippen MR) is 118 cm³/mol. The number of amides is 2. The van der Waals surface area contributed by atoms with Gasteiger partial charge in [0.25, 0.3) is 5.91 Å².